The van der Waals surface area contributed by atoms with Crippen LogP contribution < -0.4 is 17.1 Å². The van der Waals surface area contributed by atoms with E-state index in [0.717, 1.165) is 16.6 Å². The Morgan fingerprint density at radius 2 is 1.78 bits per heavy atom. The lowest BCUT2D eigenvalue weighted by Gasteiger charge is -2.25. The van der Waals surface area contributed by atoms with Crippen molar-refractivity contribution in [3.63, 3.8) is 0 Å². The Balaban J connectivity index is 0.00000289. The molecule has 0 unspecified atom stereocenters. The van der Waals surface area contributed by atoms with Crippen molar-refractivity contribution in [2.24, 2.45) is 0 Å². The van der Waals surface area contributed by atoms with Crippen LogP contribution in [0.15, 0.2) is 24.3 Å². The highest BCUT2D eigenvalue weighted by Crippen LogP contribution is 2.21. The molecule has 5 heteroatoms. The van der Waals surface area contributed by atoms with E-state index in [4.69, 9.17) is 4.74 Å². The minimum absolute atomic E-state index is 0. The zero-order valence-electron chi connectivity index (χ0n) is 11.6. The van der Waals surface area contributed by atoms with Crippen molar-refractivity contribution in [2.45, 2.75) is 6.54 Å². The SMILES string of the molecule is CN(C)C(=O)Oc1ccccc1C[N+](C)(C)C.[Cl-]. The van der Waals surface area contributed by atoms with Crippen molar-refractivity contribution in [3.8, 4) is 5.75 Å². The van der Waals surface area contributed by atoms with Gasteiger partial charge in [0, 0.05) is 19.7 Å². The summed E-state index contributed by atoms with van der Waals surface area (Å²) < 4.78 is 6.12. The highest BCUT2D eigenvalue weighted by molar-refractivity contribution is 5.70. The Morgan fingerprint density at radius 3 is 2.28 bits per heavy atom. The Bertz CT molecular complexity index is 400. The number of benzene rings is 1. The van der Waals surface area contributed by atoms with Gasteiger partial charge in [0.25, 0.3) is 0 Å². The average molecular weight is 273 g/mol. The lowest BCUT2D eigenvalue weighted by molar-refractivity contribution is -0.884. The first kappa shape index (κ1) is 16.7. The van der Waals surface area contributed by atoms with E-state index >= 15 is 0 Å². The second kappa shape index (κ2) is 6.61. The van der Waals surface area contributed by atoms with Crippen LogP contribution in [0.4, 0.5) is 4.79 Å². The van der Waals surface area contributed by atoms with Gasteiger partial charge in [-0.05, 0) is 12.1 Å². The molecule has 0 radical (unpaired) electrons. The van der Waals surface area contributed by atoms with Gasteiger partial charge in [0.2, 0.25) is 0 Å². The molecule has 0 aromatic heterocycles. The van der Waals surface area contributed by atoms with E-state index in [-0.39, 0.29) is 18.5 Å². The molecule has 0 aliphatic heterocycles. The number of quaternary nitrogens is 1. The first-order valence-corrected chi connectivity index (χ1v) is 5.57. The summed E-state index contributed by atoms with van der Waals surface area (Å²) in [6.07, 6.45) is -0.348. The molecule has 0 fully saturated rings. The van der Waals surface area contributed by atoms with Gasteiger partial charge in [0.05, 0.1) is 21.1 Å². The number of hydrogen-bond acceptors (Lipinski definition) is 2. The van der Waals surface area contributed by atoms with Crippen molar-refractivity contribution >= 4 is 6.09 Å². The summed E-state index contributed by atoms with van der Waals surface area (Å²) in [5.41, 5.74) is 1.04. The fourth-order valence-corrected chi connectivity index (χ4v) is 1.43. The number of hydrogen-bond donors (Lipinski definition) is 0. The normalized spacial score (nSPS) is 10.5. The van der Waals surface area contributed by atoms with E-state index in [0.29, 0.717) is 5.75 Å². The molecule has 0 N–H and O–H groups in total. The van der Waals surface area contributed by atoms with E-state index < -0.39 is 0 Å². The summed E-state index contributed by atoms with van der Waals surface area (Å²) in [5, 5.41) is 0. The molecule has 0 bridgehead atoms. The zero-order valence-corrected chi connectivity index (χ0v) is 12.4. The molecule has 0 heterocycles. The van der Waals surface area contributed by atoms with E-state index in [1.54, 1.807) is 14.1 Å². The summed E-state index contributed by atoms with van der Waals surface area (Å²) >= 11 is 0. The highest BCUT2D eigenvalue weighted by atomic mass is 35.5. The molecule has 0 saturated carbocycles. The molecule has 0 saturated heterocycles. The van der Waals surface area contributed by atoms with Crippen LogP contribution in [0, 0.1) is 0 Å². The molecule has 0 aliphatic rings. The number of carbonyl (C=O) groups is 1. The van der Waals surface area contributed by atoms with Gasteiger partial charge in [-0.1, -0.05) is 12.1 Å². The maximum Gasteiger partial charge on any atom is 0.414 e. The molecule has 0 atom stereocenters. The molecular weight excluding hydrogens is 252 g/mol. The van der Waals surface area contributed by atoms with Crippen LogP contribution in [0.5, 0.6) is 5.75 Å². The predicted octanol–water partition coefficient (Wildman–Crippen LogP) is -1.04. The Kier molecular flexibility index (Phi) is 6.15. The Morgan fingerprint density at radius 1 is 1.22 bits per heavy atom. The maximum atomic E-state index is 11.5. The summed E-state index contributed by atoms with van der Waals surface area (Å²) in [7, 11) is 9.65. The van der Waals surface area contributed by atoms with Crippen LogP contribution >= 0.6 is 0 Å². The molecule has 18 heavy (non-hydrogen) atoms. The molecule has 0 aliphatic carbocycles. The van der Waals surface area contributed by atoms with Crippen molar-refractivity contribution in [1.29, 1.82) is 0 Å². The van der Waals surface area contributed by atoms with Crippen molar-refractivity contribution < 1.29 is 26.4 Å². The van der Waals surface area contributed by atoms with E-state index in [9.17, 15) is 4.79 Å². The minimum Gasteiger partial charge on any atom is -1.00 e. The first-order valence-electron chi connectivity index (χ1n) is 5.57. The Labute approximate surface area is 115 Å². The van der Waals surface area contributed by atoms with Crippen LogP contribution in [-0.2, 0) is 6.54 Å². The van der Waals surface area contributed by atoms with Crippen LogP contribution in [0.2, 0.25) is 0 Å². The number of halogens is 1. The second-order valence-corrected chi connectivity index (χ2v) is 5.32. The lowest BCUT2D eigenvalue weighted by Crippen LogP contribution is -3.00. The van der Waals surface area contributed by atoms with Gasteiger partial charge in [0.15, 0.2) is 0 Å². The third-order valence-corrected chi connectivity index (χ3v) is 2.18. The summed E-state index contributed by atoms with van der Waals surface area (Å²) in [5.74, 6) is 0.638. The Hall–Kier alpha value is -1.26. The first-order chi connectivity index (χ1) is 7.79. The minimum atomic E-state index is -0.348. The molecule has 1 amide bonds. The van der Waals surface area contributed by atoms with Gasteiger partial charge >= 0.3 is 6.09 Å². The molecule has 1 aromatic carbocycles. The second-order valence-electron chi connectivity index (χ2n) is 5.32. The van der Waals surface area contributed by atoms with Crippen LogP contribution in [0.25, 0.3) is 0 Å². The van der Waals surface area contributed by atoms with Crippen LogP contribution in [0.3, 0.4) is 0 Å². The smallest absolute Gasteiger partial charge is 0.414 e. The predicted molar refractivity (Wildman–Crippen MR) is 67.9 cm³/mol. The number of amides is 1. The van der Waals surface area contributed by atoms with Crippen molar-refractivity contribution in [1.82, 2.24) is 4.90 Å². The maximum absolute atomic E-state index is 11.5. The summed E-state index contributed by atoms with van der Waals surface area (Å²) in [4.78, 5) is 12.9. The van der Waals surface area contributed by atoms with Crippen LogP contribution in [-0.4, -0.2) is 50.7 Å². The van der Waals surface area contributed by atoms with Gasteiger partial charge in [-0.3, -0.25) is 0 Å². The number of carbonyl (C=O) groups excluding carboxylic acids is 1. The molecular formula is C13H21ClN2O2. The number of rotatable bonds is 3. The fourth-order valence-electron chi connectivity index (χ4n) is 1.43. The van der Waals surface area contributed by atoms with Gasteiger partial charge in [-0.2, -0.15) is 0 Å². The zero-order chi connectivity index (χ0) is 13.1. The van der Waals surface area contributed by atoms with E-state index in [1.165, 1.54) is 4.90 Å². The molecule has 4 nitrogen and oxygen atoms in total. The third-order valence-electron chi connectivity index (χ3n) is 2.18. The standard InChI is InChI=1S/C13H21N2O2.ClH/c1-14(2)13(16)17-12-9-7-6-8-11(12)10-15(3,4)5;/h6-9H,10H2,1-5H3;1H/q+1;/p-1. The monoisotopic (exact) mass is 272 g/mol. The average Bonchev–Trinajstić information content (AvgIpc) is 2.18. The van der Waals surface area contributed by atoms with Gasteiger partial charge < -0.3 is 26.5 Å². The number of nitrogens with zero attached hydrogens (tertiary/aromatic N) is 2. The topological polar surface area (TPSA) is 29.5 Å². The number of ether oxygens (including phenoxy) is 1. The summed E-state index contributed by atoms with van der Waals surface area (Å²) in [6.45, 7) is 0.816. The number of para-hydroxylation sites is 1. The van der Waals surface area contributed by atoms with Crippen molar-refractivity contribution in [3.05, 3.63) is 29.8 Å². The molecule has 1 rings (SSSR count). The van der Waals surface area contributed by atoms with E-state index in [1.807, 2.05) is 24.3 Å². The molecule has 0 spiro atoms. The van der Waals surface area contributed by atoms with Gasteiger partial charge in [-0.15, -0.1) is 0 Å². The molecule has 1 aromatic rings. The highest BCUT2D eigenvalue weighted by Gasteiger charge is 2.15. The lowest BCUT2D eigenvalue weighted by atomic mass is 10.2. The van der Waals surface area contributed by atoms with Crippen LogP contribution in [0.1, 0.15) is 5.56 Å². The molecule has 102 valence electrons. The third kappa shape index (κ3) is 5.38. The van der Waals surface area contributed by atoms with Gasteiger partial charge in [0.1, 0.15) is 12.3 Å². The summed E-state index contributed by atoms with van der Waals surface area (Å²) in [6, 6.07) is 7.64. The van der Waals surface area contributed by atoms with Gasteiger partial charge in [-0.25, -0.2) is 4.79 Å². The fraction of sp³-hybridized carbons (Fsp3) is 0.462. The van der Waals surface area contributed by atoms with Crippen molar-refractivity contribution in [2.75, 3.05) is 35.2 Å². The van der Waals surface area contributed by atoms with E-state index in [2.05, 4.69) is 21.1 Å². The quantitative estimate of drug-likeness (QED) is 0.658. The largest absolute Gasteiger partial charge is 1.00 e.